The number of aromatic amines is 1. The van der Waals surface area contributed by atoms with Gasteiger partial charge in [-0.1, -0.05) is 0 Å². The Kier molecular flexibility index (Phi) is 3.57. The standard InChI is InChI=1S/C18H19N3O2S/c1-12-8-9-19-18(10-12)21-24(22,23)13-6-7-17-15(11-13)14-4-2-3-5-16(14)20-17/h6-11,20H,2-5H2,1H3,(H,19,21). The van der Waals surface area contributed by atoms with E-state index in [1.165, 1.54) is 17.7 Å². The molecule has 1 aliphatic carbocycles. The molecule has 2 heterocycles. The molecule has 0 aliphatic heterocycles. The molecule has 0 atom stereocenters. The Morgan fingerprint density at radius 3 is 2.79 bits per heavy atom. The number of rotatable bonds is 3. The number of sulfonamides is 1. The summed E-state index contributed by atoms with van der Waals surface area (Å²) in [6.07, 6.45) is 5.98. The van der Waals surface area contributed by atoms with Crippen LogP contribution in [0.4, 0.5) is 5.82 Å². The first kappa shape index (κ1) is 15.2. The Labute approximate surface area is 141 Å². The lowest BCUT2D eigenvalue weighted by atomic mass is 9.96. The van der Waals surface area contributed by atoms with Crippen molar-refractivity contribution in [2.24, 2.45) is 0 Å². The van der Waals surface area contributed by atoms with E-state index in [0.29, 0.717) is 5.82 Å². The molecule has 3 aromatic rings. The summed E-state index contributed by atoms with van der Waals surface area (Å²) in [7, 11) is -3.65. The predicted octanol–water partition coefficient (Wildman–Crippen LogP) is 3.55. The number of aromatic nitrogens is 2. The number of aryl methyl sites for hydroxylation is 3. The molecule has 0 saturated heterocycles. The van der Waals surface area contributed by atoms with E-state index >= 15 is 0 Å². The molecule has 0 radical (unpaired) electrons. The minimum Gasteiger partial charge on any atom is -0.358 e. The maximum atomic E-state index is 12.7. The first-order valence-corrected chi connectivity index (χ1v) is 9.60. The van der Waals surface area contributed by atoms with E-state index in [2.05, 4.69) is 14.7 Å². The van der Waals surface area contributed by atoms with Gasteiger partial charge in [0.2, 0.25) is 0 Å². The van der Waals surface area contributed by atoms with Crippen molar-refractivity contribution in [1.82, 2.24) is 9.97 Å². The molecule has 124 valence electrons. The Bertz CT molecular complexity index is 1020. The smallest absolute Gasteiger partial charge is 0.263 e. The van der Waals surface area contributed by atoms with Gasteiger partial charge in [0.15, 0.2) is 0 Å². The van der Waals surface area contributed by atoms with Gasteiger partial charge in [-0.2, -0.15) is 0 Å². The molecule has 6 heteroatoms. The fourth-order valence-electron chi connectivity index (χ4n) is 3.34. The second-order valence-corrected chi connectivity index (χ2v) is 8.00. The van der Waals surface area contributed by atoms with Gasteiger partial charge in [-0.25, -0.2) is 13.4 Å². The fourth-order valence-corrected chi connectivity index (χ4v) is 4.37. The molecule has 1 aromatic carbocycles. The second kappa shape index (κ2) is 5.63. The second-order valence-electron chi connectivity index (χ2n) is 6.32. The summed E-state index contributed by atoms with van der Waals surface area (Å²) in [6, 6.07) is 8.81. The first-order chi connectivity index (χ1) is 11.5. The molecule has 24 heavy (non-hydrogen) atoms. The molecule has 4 rings (SSSR count). The van der Waals surface area contributed by atoms with E-state index in [-0.39, 0.29) is 4.90 Å². The summed E-state index contributed by atoms with van der Waals surface area (Å²) < 4.78 is 27.9. The monoisotopic (exact) mass is 341 g/mol. The normalized spacial score (nSPS) is 14.5. The molecule has 2 aromatic heterocycles. The molecule has 0 spiro atoms. The van der Waals surface area contributed by atoms with Gasteiger partial charge >= 0.3 is 0 Å². The van der Waals surface area contributed by atoms with Crippen molar-refractivity contribution >= 4 is 26.7 Å². The topological polar surface area (TPSA) is 74.8 Å². The van der Waals surface area contributed by atoms with Gasteiger partial charge in [-0.15, -0.1) is 0 Å². The number of fused-ring (bicyclic) bond motifs is 3. The molecule has 5 nitrogen and oxygen atoms in total. The van der Waals surface area contributed by atoms with Crippen molar-refractivity contribution in [3.05, 3.63) is 53.3 Å². The lowest BCUT2D eigenvalue weighted by Gasteiger charge is -2.11. The van der Waals surface area contributed by atoms with Gasteiger partial charge in [-0.3, -0.25) is 4.72 Å². The maximum Gasteiger partial charge on any atom is 0.263 e. The zero-order valence-electron chi connectivity index (χ0n) is 13.5. The fraction of sp³-hybridized carbons (Fsp3) is 0.278. The first-order valence-electron chi connectivity index (χ1n) is 8.12. The average molecular weight is 341 g/mol. The van der Waals surface area contributed by atoms with Crippen molar-refractivity contribution in [1.29, 1.82) is 0 Å². The van der Waals surface area contributed by atoms with Gasteiger partial charge in [0.25, 0.3) is 10.0 Å². The lowest BCUT2D eigenvalue weighted by molar-refractivity contribution is 0.601. The molecule has 2 N–H and O–H groups in total. The summed E-state index contributed by atoms with van der Waals surface area (Å²) >= 11 is 0. The van der Waals surface area contributed by atoms with Crippen LogP contribution in [0, 0.1) is 6.92 Å². The van der Waals surface area contributed by atoms with Crippen LogP contribution in [-0.4, -0.2) is 18.4 Å². The molecule has 0 fully saturated rings. The van der Waals surface area contributed by atoms with Gasteiger partial charge < -0.3 is 4.98 Å². The van der Waals surface area contributed by atoms with Crippen molar-refractivity contribution in [2.45, 2.75) is 37.5 Å². The van der Waals surface area contributed by atoms with Crippen LogP contribution >= 0.6 is 0 Å². The molecule has 0 unspecified atom stereocenters. The third-order valence-corrected chi connectivity index (χ3v) is 5.89. The van der Waals surface area contributed by atoms with Crippen LogP contribution in [0.15, 0.2) is 41.4 Å². The molecule has 0 saturated carbocycles. The van der Waals surface area contributed by atoms with Gasteiger partial charge in [0, 0.05) is 22.8 Å². The summed E-state index contributed by atoms with van der Waals surface area (Å²) in [5.41, 5.74) is 4.48. The highest BCUT2D eigenvalue weighted by molar-refractivity contribution is 7.92. The number of anilines is 1. The Morgan fingerprint density at radius 2 is 1.96 bits per heavy atom. The Morgan fingerprint density at radius 1 is 1.12 bits per heavy atom. The molecule has 0 amide bonds. The minimum absolute atomic E-state index is 0.269. The number of hydrogen-bond donors (Lipinski definition) is 2. The average Bonchev–Trinajstić information content (AvgIpc) is 2.92. The number of benzene rings is 1. The molecular formula is C18H19N3O2S. The van der Waals surface area contributed by atoms with Crippen LogP contribution in [0.25, 0.3) is 10.9 Å². The summed E-state index contributed by atoms with van der Waals surface area (Å²) in [4.78, 5) is 7.77. The van der Waals surface area contributed by atoms with E-state index in [1.807, 2.05) is 19.1 Å². The lowest BCUT2D eigenvalue weighted by Crippen LogP contribution is -2.14. The molecular weight excluding hydrogens is 322 g/mol. The number of pyridine rings is 1. The third-order valence-electron chi connectivity index (χ3n) is 4.53. The molecule has 1 aliphatic rings. The van der Waals surface area contributed by atoms with Crippen molar-refractivity contribution < 1.29 is 8.42 Å². The summed E-state index contributed by atoms with van der Waals surface area (Å²) in [6.45, 7) is 1.90. The van der Waals surface area contributed by atoms with Crippen LogP contribution in [0.5, 0.6) is 0 Å². The van der Waals surface area contributed by atoms with Crippen LogP contribution in [0.2, 0.25) is 0 Å². The Hall–Kier alpha value is -2.34. The van der Waals surface area contributed by atoms with Gasteiger partial charge in [-0.05, 0) is 74.1 Å². The predicted molar refractivity (Wildman–Crippen MR) is 94.7 cm³/mol. The Balaban J connectivity index is 1.75. The largest absolute Gasteiger partial charge is 0.358 e. The van der Waals surface area contributed by atoms with E-state index in [0.717, 1.165) is 35.7 Å². The van der Waals surface area contributed by atoms with Crippen LogP contribution in [-0.2, 0) is 22.9 Å². The zero-order valence-corrected chi connectivity index (χ0v) is 14.3. The summed E-state index contributed by atoms with van der Waals surface area (Å²) in [5, 5.41) is 1.02. The number of H-pyrrole nitrogens is 1. The number of nitrogens with zero attached hydrogens (tertiary/aromatic N) is 1. The highest BCUT2D eigenvalue weighted by atomic mass is 32.2. The van der Waals surface area contributed by atoms with E-state index < -0.39 is 10.0 Å². The van der Waals surface area contributed by atoms with E-state index in [4.69, 9.17) is 0 Å². The number of hydrogen-bond acceptors (Lipinski definition) is 3. The van der Waals surface area contributed by atoms with Crippen LogP contribution in [0.1, 0.15) is 29.7 Å². The van der Waals surface area contributed by atoms with Crippen LogP contribution < -0.4 is 4.72 Å². The SMILES string of the molecule is Cc1ccnc(NS(=O)(=O)c2ccc3[nH]c4c(c3c2)CCCC4)c1. The molecule has 0 bridgehead atoms. The zero-order chi connectivity index (χ0) is 16.7. The van der Waals surface area contributed by atoms with Gasteiger partial charge in [0.1, 0.15) is 5.82 Å². The van der Waals surface area contributed by atoms with Crippen molar-refractivity contribution in [2.75, 3.05) is 4.72 Å². The highest BCUT2D eigenvalue weighted by Crippen LogP contribution is 2.31. The minimum atomic E-state index is -3.65. The van der Waals surface area contributed by atoms with E-state index in [1.54, 1.807) is 24.4 Å². The highest BCUT2D eigenvalue weighted by Gasteiger charge is 2.20. The van der Waals surface area contributed by atoms with Crippen molar-refractivity contribution in [3.8, 4) is 0 Å². The number of nitrogens with one attached hydrogen (secondary N) is 2. The third kappa shape index (κ3) is 2.67. The maximum absolute atomic E-state index is 12.7. The summed E-state index contributed by atoms with van der Waals surface area (Å²) in [5.74, 6) is 0.339. The van der Waals surface area contributed by atoms with Gasteiger partial charge in [0.05, 0.1) is 4.90 Å². The quantitative estimate of drug-likeness (QED) is 0.765. The van der Waals surface area contributed by atoms with Crippen molar-refractivity contribution in [3.63, 3.8) is 0 Å². The van der Waals surface area contributed by atoms with Crippen LogP contribution in [0.3, 0.4) is 0 Å². The van der Waals surface area contributed by atoms with E-state index in [9.17, 15) is 8.42 Å².